The third-order valence-corrected chi connectivity index (χ3v) is 4.13. The van der Waals surface area contributed by atoms with Gasteiger partial charge >= 0.3 is 0 Å². The summed E-state index contributed by atoms with van der Waals surface area (Å²) in [5.74, 6) is 0.472. The first-order valence-corrected chi connectivity index (χ1v) is 8.46. The smallest absolute Gasteiger partial charge is 0.265 e. The van der Waals surface area contributed by atoms with Gasteiger partial charge in [0, 0.05) is 17.5 Å². The molecule has 2 aromatic carbocycles. The van der Waals surface area contributed by atoms with Crippen molar-refractivity contribution in [1.82, 2.24) is 19.7 Å². The zero-order chi connectivity index (χ0) is 17.9. The van der Waals surface area contributed by atoms with Crippen molar-refractivity contribution in [2.75, 3.05) is 5.43 Å². The average Bonchev–Trinajstić information content (AvgIpc) is 2.97. The van der Waals surface area contributed by atoms with Gasteiger partial charge in [0.05, 0.1) is 11.7 Å². The van der Waals surface area contributed by atoms with E-state index < -0.39 is 0 Å². The summed E-state index contributed by atoms with van der Waals surface area (Å²) >= 11 is 0. The topological polar surface area (TPSA) is 88.2 Å². The number of phenols is 1. The van der Waals surface area contributed by atoms with Gasteiger partial charge in [0.1, 0.15) is 11.3 Å². The monoisotopic (exact) mass is 346 g/mol. The molecule has 0 saturated heterocycles. The molecule has 7 nitrogen and oxygen atoms in total. The maximum atomic E-state index is 9.76. The lowest BCUT2D eigenvalue weighted by atomic mass is 10.2. The van der Waals surface area contributed by atoms with Gasteiger partial charge in [-0.3, -0.25) is 0 Å². The lowest BCUT2D eigenvalue weighted by Crippen LogP contribution is -2.03. The van der Waals surface area contributed by atoms with Crippen LogP contribution in [0.2, 0.25) is 0 Å². The van der Waals surface area contributed by atoms with Gasteiger partial charge in [-0.05, 0) is 24.6 Å². The number of benzene rings is 2. The van der Waals surface area contributed by atoms with Crippen molar-refractivity contribution in [2.24, 2.45) is 5.10 Å². The van der Waals surface area contributed by atoms with Gasteiger partial charge in [-0.2, -0.15) is 10.1 Å². The highest BCUT2D eigenvalue weighted by atomic mass is 16.3. The Balaban J connectivity index is 1.70. The molecule has 0 fully saturated rings. The Hall–Kier alpha value is -3.48. The Morgan fingerprint density at radius 3 is 2.77 bits per heavy atom. The molecule has 0 amide bonds. The summed E-state index contributed by atoms with van der Waals surface area (Å²) in [6, 6.07) is 15.1. The number of aromatic hydroxyl groups is 1. The fraction of sp³-hybridized carbons (Fsp3) is 0.158. The highest BCUT2D eigenvalue weighted by Gasteiger charge is 2.13. The average molecular weight is 346 g/mol. The molecule has 0 aliphatic carbocycles. The molecule has 7 heteroatoms. The molecule has 2 aromatic heterocycles. The third kappa shape index (κ3) is 2.83. The zero-order valence-electron chi connectivity index (χ0n) is 14.3. The molecule has 0 bridgehead atoms. The van der Waals surface area contributed by atoms with Crippen molar-refractivity contribution >= 4 is 34.2 Å². The van der Waals surface area contributed by atoms with Crippen LogP contribution in [0.5, 0.6) is 5.75 Å². The van der Waals surface area contributed by atoms with Gasteiger partial charge in [-0.15, -0.1) is 10.2 Å². The van der Waals surface area contributed by atoms with Crippen molar-refractivity contribution in [1.29, 1.82) is 0 Å². The number of para-hydroxylation sites is 2. The minimum Gasteiger partial charge on any atom is -0.507 e. The van der Waals surface area contributed by atoms with Crippen LogP contribution in [0.25, 0.3) is 22.1 Å². The van der Waals surface area contributed by atoms with Crippen molar-refractivity contribution in [3.8, 4) is 5.75 Å². The predicted molar refractivity (Wildman–Crippen MR) is 102 cm³/mol. The summed E-state index contributed by atoms with van der Waals surface area (Å²) in [5.41, 5.74) is 6.05. The minimum absolute atomic E-state index is 0.163. The van der Waals surface area contributed by atoms with Crippen LogP contribution >= 0.6 is 0 Å². The molecule has 2 heterocycles. The van der Waals surface area contributed by atoms with E-state index in [1.165, 1.54) is 6.21 Å². The van der Waals surface area contributed by atoms with E-state index in [4.69, 9.17) is 0 Å². The van der Waals surface area contributed by atoms with Crippen LogP contribution in [0.1, 0.15) is 18.9 Å². The molecule has 0 radical (unpaired) electrons. The van der Waals surface area contributed by atoms with Crippen molar-refractivity contribution in [3.63, 3.8) is 0 Å². The Kier molecular flexibility index (Phi) is 4.18. The highest BCUT2D eigenvalue weighted by Crippen LogP contribution is 2.26. The fourth-order valence-corrected chi connectivity index (χ4v) is 2.96. The molecule has 2 N–H and O–H groups in total. The summed E-state index contributed by atoms with van der Waals surface area (Å²) in [7, 11) is 0. The summed E-state index contributed by atoms with van der Waals surface area (Å²) in [6.07, 6.45) is 2.51. The number of hydrogen-bond acceptors (Lipinski definition) is 6. The van der Waals surface area contributed by atoms with E-state index in [9.17, 15) is 5.11 Å². The van der Waals surface area contributed by atoms with E-state index >= 15 is 0 Å². The number of anilines is 1. The zero-order valence-corrected chi connectivity index (χ0v) is 14.3. The number of phenolic OH excluding ortho intramolecular Hbond substituents is 1. The number of fused-ring (bicyclic) bond motifs is 3. The lowest BCUT2D eigenvalue weighted by Gasteiger charge is -2.04. The number of hydrazone groups is 1. The van der Waals surface area contributed by atoms with Crippen LogP contribution in [0, 0.1) is 0 Å². The standard InChI is InChI=1S/C19H18N6O/c1-2-11-25-15-9-5-4-8-14(15)17-18(25)21-19(24-22-17)23-20-12-13-7-3-6-10-16(13)26/h3-10,12,26H,2,11H2,1H3,(H,21,23,24). The fourth-order valence-electron chi connectivity index (χ4n) is 2.96. The van der Waals surface area contributed by atoms with Crippen molar-refractivity contribution in [2.45, 2.75) is 19.9 Å². The van der Waals surface area contributed by atoms with E-state index in [-0.39, 0.29) is 5.75 Å². The quantitative estimate of drug-likeness (QED) is 0.426. The van der Waals surface area contributed by atoms with Gasteiger partial charge in [0.25, 0.3) is 5.95 Å². The number of aromatic nitrogens is 4. The Morgan fingerprint density at radius 1 is 1.12 bits per heavy atom. The normalized spacial score (nSPS) is 11.6. The van der Waals surface area contributed by atoms with E-state index in [0.717, 1.165) is 35.0 Å². The lowest BCUT2D eigenvalue weighted by molar-refractivity contribution is 0.474. The van der Waals surface area contributed by atoms with Crippen LogP contribution < -0.4 is 5.43 Å². The molecular weight excluding hydrogens is 328 g/mol. The first-order chi connectivity index (χ1) is 12.8. The van der Waals surface area contributed by atoms with E-state index in [2.05, 4.69) is 43.3 Å². The van der Waals surface area contributed by atoms with Crippen LogP contribution in [0.4, 0.5) is 5.95 Å². The van der Waals surface area contributed by atoms with Gasteiger partial charge in [0.2, 0.25) is 0 Å². The Bertz CT molecular complexity index is 1100. The first-order valence-electron chi connectivity index (χ1n) is 8.46. The molecule has 0 spiro atoms. The maximum absolute atomic E-state index is 9.76. The molecule has 0 unspecified atom stereocenters. The summed E-state index contributed by atoms with van der Waals surface area (Å²) in [6.45, 7) is 2.98. The molecule has 0 aliphatic rings. The molecule has 0 saturated carbocycles. The van der Waals surface area contributed by atoms with Crippen molar-refractivity contribution < 1.29 is 5.11 Å². The molecule has 4 aromatic rings. The van der Waals surface area contributed by atoms with Crippen LogP contribution in [-0.2, 0) is 6.54 Å². The highest BCUT2D eigenvalue weighted by molar-refractivity contribution is 6.04. The third-order valence-electron chi connectivity index (χ3n) is 4.13. The predicted octanol–water partition coefficient (Wildman–Crippen LogP) is 3.54. The number of nitrogens with one attached hydrogen (secondary N) is 1. The number of aryl methyl sites for hydroxylation is 1. The number of rotatable bonds is 5. The van der Waals surface area contributed by atoms with Gasteiger partial charge < -0.3 is 9.67 Å². The minimum atomic E-state index is 0.163. The van der Waals surface area contributed by atoms with Crippen LogP contribution in [0.15, 0.2) is 53.6 Å². The van der Waals surface area contributed by atoms with Crippen LogP contribution in [-0.4, -0.2) is 31.1 Å². The SMILES string of the molecule is CCCn1c2ccccc2c2nnc(NN=Cc3ccccc3O)nc21. The van der Waals surface area contributed by atoms with E-state index in [1.807, 2.05) is 24.3 Å². The molecule has 26 heavy (non-hydrogen) atoms. The van der Waals surface area contributed by atoms with E-state index in [0.29, 0.717) is 11.5 Å². The van der Waals surface area contributed by atoms with Gasteiger partial charge in [-0.25, -0.2) is 5.43 Å². The Labute approximate surface area is 150 Å². The summed E-state index contributed by atoms with van der Waals surface area (Å²) in [5, 5.41) is 23.4. The number of hydrogen-bond donors (Lipinski definition) is 2. The summed E-state index contributed by atoms with van der Waals surface area (Å²) in [4.78, 5) is 4.59. The van der Waals surface area contributed by atoms with Crippen LogP contribution in [0.3, 0.4) is 0 Å². The second-order valence-electron chi connectivity index (χ2n) is 5.91. The summed E-state index contributed by atoms with van der Waals surface area (Å²) < 4.78 is 2.15. The molecular formula is C19H18N6O. The molecule has 0 aliphatic heterocycles. The second-order valence-corrected chi connectivity index (χ2v) is 5.91. The largest absolute Gasteiger partial charge is 0.507 e. The molecule has 130 valence electrons. The van der Waals surface area contributed by atoms with Gasteiger partial charge in [0.15, 0.2) is 5.65 Å². The number of nitrogens with zero attached hydrogens (tertiary/aromatic N) is 5. The van der Waals surface area contributed by atoms with E-state index in [1.54, 1.807) is 18.2 Å². The maximum Gasteiger partial charge on any atom is 0.265 e. The Morgan fingerprint density at radius 2 is 1.92 bits per heavy atom. The van der Waals surface area contributed by atoms with Gasteiger partial charge in [-0.1, -0.05) is 37.3 Å². The molecule has 0 atom stereocenters. The van der Waals surface area contributed by atoms with Crippen molar-refractivity contribution in [3.05, 3.63) is 54.1 Å². The molecule has 4 rings (SSSR count). The second kappa shape index (κ2) is 6.79. The first kappa shape index (κ1) is 16.0.